The molecule has 0 fully saturated rings. The van der Waals surface area contributed by atoms with Gasteiger partial charge in [0.1, 0.15) is 16.9 Å². The Bertz CT molecular complexity index is 1980. The first-order chi connectivity index (χ1) is 17.7. The number of furan rings is 1. The molecule has 37 heavy (non-hydrogen) atoms. The molecule has 0 amide bonds. The van der Waals surface area contributed by atoms with Gasteiger partial charge in [0.2, 0.25) is 0 Å². The zero-order valence-electron chi connectivity index (χ0n) is 19.9. The summed E-state index contributed by atoms with van der Waals surface area (Å²) in [4.78, 5) is 3.52. The van der Waals surface area contributed by atoms with Gasteiger partial charge in [0, 0.05) is 73.8 Å². The molecule has 0 aliphatic rings. The van der Waals surface area contributed by atoms with Gasteiger partial charge in [-0.15, -0.1) is 18.4 Å². The fraction of sp³-hybridized carbons (Fsp3) is 0.0323. The van der Waals surface area contributed by atoms with E-state index < -0.39 is 0 Å². The van der Waals surface area contributed by atoms with Crippen molar-refractivity contribution in [3.8, 4) is 5.75 Å². The maximum atomic E-state index is 9.75. The van der Waals surface area contributed by atoms with Crippen LogP contribution >= 0.6 is 11.3 Å². The van der Waals surface area contributed by atoms with Crippen LogP contribution in [0.1, 0.15) is 0 Å². The minimum Gasteiger partial charge on any atom is -0.683 e. The van der Waals surface area contributed by atoms with Crippen molar-refractivity contribution in [2.75, 3.05) is 7.05 Å². The number of nitrogens with one attached hydrogen (secondary N) is 1. The van der Waals surface area contributed by atoms with Gasteiger partial charge in [-0.25, -0.2) is 0 Å². The van der Waals surface area contributed by atoms with Gasteiger partial charge in [0.25, 0.3) is 0 Å². The molecule has 3 heterocycles. The molecule has 0 radical (unpaired) electrons. The van der Waals surface area contributed by atoms with Gasteiger partial charge >= 0.3 is 0 Å². The van der Waals surface area contributed by atoms with Gasteiger partial charge in [-0.1, -0.05) is 60.3 Å². The molecule has 6 heteroatoms. The molecule has 8 aromatic rings. The Hall–Kier alpha value is -3.79. The van der Waals surface area contributed by atoms with E-state index in [9.17, 15) is 5.11 Å². The summed E-state index contributed by atoms with van der Waals surface area (Å²) in [6.45, 7) is 0. The van der Waals surface area contributed by atoms with Crippen molar-refractivity contribution < 1.29 is 30.6 Å². The van der Waals surface area contributed by atoms with Crippen molar-refractivity contribution in [2.24, 2.45) is 0 Å². The Labute approximate surface area is 230 Å². The number of para-hydroxylation sites is 2. The number of rotatable bonds is 1. The second-order valence-electron chi connectivity index (χ2n) is 8.79. The van der Waals surface area contributed by atoms with Crippen molar-refractivity contribution in [1.29, 1.82) is 0 Å². The number of phenolic OH excluding ortho intramolecular Hbond substituents is 1. The Kier molecular flexibility index (Phi) is 5.90. The molecule has 0 atom stereocenters. The van der Waals surface area contributed by atoms with E-state index >= 15 is 0 Å². The minimum atomic E-state index is 0. The average molecular weight is 669 g/mol. The monoisotopic (exact) mass is 669 g/mol. The third-order valence-corrected chi connectivity index (χ3v) is 7.86. The molecule has 0 bridgehead atoms. The molecule has 0 saturated carbocycles. The summed E-state index contributed by atoms with van der Waals surface area (Å²) >= 11 is 1.87. The van der Waals surface area contributed by atoms with Crippen LogP contribution < -0.4 is 0 Å². The zero-order chi connectivity index (χ0) is 24.2. The standard InChI is InChI=1S/C18H11NS.C13H10NO2.W/c1-3-7-15-11(5-1)13-9-14-12-6-2-4-8-17(12)20-18(14)10-16(13)19-15;1-14-13-9(15)6-7-11-12(13)8-4-2-3-5-10(8)16-11;/h1-10,19H;2-7,15H,1H3;/q;-1;. The Balaban J connectivity index is 0.000000136. The van der Waals surface area contributed by atoms with Crippen molar-refractivity contribution in [3.05, 3.63) is 102 Å². The van der Waals surface area contributed by atoms with Gasteiger partial charge in [0.05, 0.1) is 0 Å². The Morgan fingerprint density at radius 1 is 0.676 bits per heavy atom. The second-order valence-corrected chi connectivity index (χ2v) is 9.87. The fourth-order valence-electron chi connectivity index (χ4n) is 5.08. The topological polar surface area (TPSA) is 63.3 Å². The number of fused-ring (bicyclic) bond motifs is 9. The molecule has 0 aliphatic heterocycles. The first-order valence-corrected chi connectivity index (χ1v) is 12.6. The van der Waals surface area contributed by atoms with Crippen LogP contribution in [0.4, 0.5) is 5.69 Å². The summed E-state index contributed by atoms with van der Waals surface area (Å²) in [5, 5.41) is 21.1. The van der Waals surface area contributed by atoms with E-state index in [-0.39, 0.29) is 26.8 Å². The van der Waals surface area contributed by atoms with E-state index in [2.05, 4.69) is 71.0 Å². The van der Waals surface area contributed by atoms with Crippen LogP contribution in [0.5, 0.6) is 5.75 Å². The maximum absolute atomic E-state index is 9.75. The molecule has 3 aromatic heterocycles. The average Bonchev–Trinajstić information content (AvgIpc) is 3.58. The third-order valence-electron chi connectivity index (χ3n) is 6.72. The van der Waals surface area contributed by atoms with E-state index in [4.69, 9.17) is 4.42 Å². The van der Waals surface area contributed by atoms with Crippen LogP contribution in [-0.2, 0) is 21.1 Å². The number of nitrogens with zero attached hydrogens (tertiary/aromatic N) is 1. The number of phenols is 1. The predicted octanol–water partition coefficient (Wildman–Crippen LogP) is 9.61. The minimum absolute atomic E-state index is 0. The number of H-pyrrole nitrogens is 1. The Morgan fingerprint density at radius 2 is 1.41 bits per heavy atom. The van der Waals surface area contributed by atoms with E-state index in [0.29, 0.717) is 5.69 Å². The molecular weight excluding hydrogens is 648 g/mol. The molecule has 180 valence electrons. The molecule has 0 aliphatic carbocycles. The molecule has 0 spiro atoms. The van der Waals surface area contributed by atoms with Crippen LogP contribution in [-0.4, -0.2) is 17.1 Å². The van der Waals surface area contributed by atoms with Gasteiger partial charge in [0.15, 0.2) is 0 Å². The number of thiophene rings is 1. The van der Waals surface area contributed by atoms with E-state index in [1.807, 2.05) is 35.6 Å². The first kappa shape index (κ1) is 23.6. The quantitative estimate of drug-likeness (QED) is 0.183. The van der Waals surface area contributed by atoms with Gasteiger partial charge in [-0.2, -0.15) is 0 Å². The Morgan fingerprint density at radius 3 is 2.24 bits per heavy atom. The number of aromatic nitrogens is 1. The molecule has 2 N–H and O–H groups in total. The molecule has 0 unspecified atom stereocenters. The fourth-order valence-corrected chi connectivity index (χ4v) is 6.21. The third kappa shape index (κ3) is 3.78. The van der Waals surface area contributed by atoms with Crippen molar-refractivity contribution >= 4 is 80.9 Å². The summed E-state index contributed by atoms with van der Waals surface area (Å²) in [6.07, 6.45) is 0. The summed E-state index contributed by atoms with van der Waals surface area (Å²) in [5.41, 5.74) is 4.59. The van der Waals surface area contributed by atoms with Gasteiger partial charge in [-0.3, -0.25) is 0 Å². The van der Waals surface area contributed by atoms with E-state index in [0.717, 1.165) is 21.9 Å². The van der Waals surface area contributed by atoms with Gasteiger partial charge in [-0.05, 0) is 42.5 Å². The van der Waals surface area contributed by atoms with Crippen LogP contribution in [0.3, 0.4) is 0 Å². The second kappa shape index (κ2) is 9.26. The van der Waals surface area contributed by atoms with Crippen molar-refractivity contribution in [3.63, 3.8) is 0 Å². The van der Waals surface area contributed by atoms with Crippen LogP contribution in [0.15, 0.2) is 101 Å². The number of hydrogen-bond acceptors (Lipinski definition) is 3. The van der Waals surface area contributed by atoms with Crippen LogP contribution in [0.25, 0.3) is 69.2 Å². The number of aromatic hydroxyl groups is 1. The number of aromatic amines is 1. The van der Waals surface area contributed by atoms with E-state index in [1.54, 1.807) is 19.2 Å². The largest absolute Gasteiger partial charge is 0.683 e. The molecule has 5 aromatic carbocycles. The maximum Gasteiger partial charge on any atom is 0.135 e. The van der Waals surface area contributed by atoms with Crippen molar-refractivity contribution in [2.45, 2.75) is 0 Å². The van der Waals surface area contributed by atoms with Crippen LogP contribution in [0, 0.1) is 0 Å². The predicted molar refractivity (Wildman–Crippen MR) is 153 cm³/mol. The molecule has 4 nitrogen and oxygen atoms in total. The molecule has 8 rings (SSSR count). The molecule has 0 saturated heterocycles. The van der Waals surface area contributed by atoms with Crippen molar-refractivity contribution in [1.82, 2.24) is 4.98 Å². The summed E-state index contributed by atoms with van der Waals surface area (Å²) in [6, 6.07) is 32.9. The number of benzene rings is 5. The first-order valence-electron chi connectivity index (χ1n) is 11.8. The summed E-state index contributed by atoms with van der Waals surface area (Å²) in [5.74, 6) is 0.182. The van der Waals surface area contributed by atoms with Gasteiger partial charge < -0.3 is 19.8 Å². The normalized spacial score (nSPS) is 11.3. The number of hydrogen-bond donors (Lipinski definition) is 2. The van der Waals surface area contributed by atoms with E-state index in [1.165, 1.54) is 42.0 Å². The SMILES string of the molecule is C[N-]c1c(O)ccc2oc3ccccc3c12.[W].c1ccc2c(c1)[nH]c1cc3sc4ccccc4c3cc12. The molecular formula is C31H21N2O2SW-. The summed E-state index contributed by atoms with van der Waals surface area (Å²) in [7, 11) is 1.66. The zero-order valence-corrected chi connectivity index (χ0v) is 23.6. The smallest absolute Gasteiger partial charge is 0.135 e. The summed E-state index contributed by atoms with van der Waals surface area (Å²) < 4.78 is 8.39. The van der Waals surface area contributed by atoms with Crippen LogP contribution in [0.2, 0.25) is 0 Å².